The number of methoxy groups -OCH3 is 2. The Morgan fingerprint density at radius 2 is 1.82 bits per heavy atom. The summed E-state index contributed by atoms with van der Waals surface area (Å²) in [5.74, 6) is 0.474. The molecular weight excluding hydrogens is 284 g/mol. The van der Waals surface area contributed by atoms with Crippen LogP contribution in [0.1, 0.15) is 15.9 Å². The van der Waals surface area contributed by atoms with Gasteiger partial charge in [0.1, 0.15) is 23.0 Å². The number of ketones is 1. The second kappa shape index (κ2) is 6.67. The van der Waals surface area contributed by atoms with Gasteiger partial charge in [-0.05, 0) is 42.5 Å². The third kappa shape index (κ3) is 3.38. The lowest BCUT2D eigenvalue weighted by Crippen LogP contribution is -1.95. The molecule has 0 aromatic heterocycles. The van der Waals surface area contributed by atoms with Crippen molar-refractivity contribution in [3.05, 3.63) is 53.6 Å². The van der Waals surface area contributed by atoms with E-state index in [1.807, 2.05) is 0 Å². The first kappa shape index (κ1) is 15.4. The van der Waals surface area contributed by atoms with E-state index in [1.165, 1.54) is 25.3 Å². The summed E-state index contributed by atoms with van der Waals surface area (Å²) >= 11 is 0. The molecule has 0 atom stereocenters. The van der Waals surface area contributed by atoms with Gasteiger partial charge in [-0.3, -0.25) is 4.79 Å². The van der Waals surface area contributed by atoms with Gasteiger partial charge in [-0.15, -0.1) is 0 Å². The molecule has 0 saturated heterocycles. The van der Waals surface area contributed by atoms with Crippen LogP contribution in [0.4, 0.5) is 0 Å². The minimum Gasteiger partial charge on any atom is -0.508 e. The Balaban J connectivity index is 2.29. The van der Waals surface area contributed by atoms with E-state index in [0.29, 0.717) is 17.1 Å². The molecule has 0 bridgehead atoms. The van der Waals surface area contributed by atoms with Crippen LogP contribution in [0.2, 0.25) is 0 Å². The van der Waals surface area contributed by atoms with Crippen LogP contribution in [0.15, 0.2) is 42.5 Å². The van der Waals surface area contributed by atoms with Crippen molar-refractivity contribution in [1.82, 2.24) is 0 Å². The molecule has 2 N–H and O–H groups in total. The third-order valence-corrected chi connectivity index (χ3v) is 3.10. The molecule has 2 aromatic carbocycles. The summed E-state index contributed by atoms with van der Waals surface area (Å²) < 4.78 is 10.4. The average molecular weight is 300 g/mol. The SMILES string of the molecule is COc1ccc(OC)c(/C=C/C(=O)c2ccc(O)cc2O)c1. The van der Waals surface area contributed by atoms with Crippen molar-refractivity contribution in [2.24, 2.45) is 0 Å². The number of hydrogen-bond acceptors (Lipinski definition) is 5. The van der Waals surface area contributed by atoms with Gasteiger partial charge in [0, 0.05) is 11.6 Å². The van der Waals surface area contributed by atoms with Crippen LogP contribution in [0.25, 0.3) is 6.08 Å². The maximum Gasteiger partial charge on any atom is 0.189 e. The highest BCUT2D eigenvalue weighted by Gasteiger charge is 2.09. The van der Waals surface area contributed by atoms with Crippen molar-refractivity contribution < 1.29 is 24.5 Å². The second-order valence-electron chi connectivity index (χ2n) is 4.51. The van der Waals surface area contributed by atoms with Gasteiger partial charge in [-0.1, -0.05) is 0 Å². The molecule has 0 heterocycles. The molecule has 0 aliphatic rings. The van der Waals surface area contributed by atoms with Crippen LogP contribution in [0.5, 0.6) is 23.0 Å². The van der Waals surface area contributed by atoms with E-state index in [-0.39, 0.29) is 22.8 Å². The molecular formula is C17H16O5. The Labute approximate surface area is 128 Å². The third-order valence-electron chi connectivity index (χ3n) is 3.10. The van der Waals surface area contributed by atoms with Crippen molar-refractivity contribution in [2.75, 3.05) is 14.2 Å². The lowest BCUT2D eigenvalue weighted by atomic mass is 10.1. The number of rotatable bonds is 5. The Morgan fingerprint density at radius 1 is 1.05 bits per heavy atom. The van der Waals surface area contributed by atoms with Gasteiger partial charge in [0.15, 0.2) is 5.78 Å². The predicted octanol–water partition coefficient (Wildman–Crippen LogP) is 3.01. The van der Waals surface area contributed by atoms with E-state index in [4.69, 9.17) is 9.47 Å². The summed E-state index contributed by atoms with van der Waals surface area (Å²) in [7, 11) is 3.09. The van der Waals surface area contributed by atoms with Crippen molar-refractivity contribution in [1.29, 1.82) is 0 Å². The molecule has 2 rings (SSSR count). The molecule has 0 unspecified atom stereocenters. The van der Waals surface area contributed by atoms with Gasteiger partial charge in [0.05, 0.1) is 19.8 Å². The second-order valence-corrected chi connectivity index (χ2v) is 4.51. The first-order chi connectivity index (χ1) is 10.5. The molecule has 0 aliphatic carbocycles. The predicted molar refractivity (Wildman–Crippen MR) is 82.7 cm³/mol. The smallest absolute Gasteiger partial charge is 0.189 e. The number of carbonyl (C=O) groups is 1. The highest BCUT2D eigenvalue weighted by Crippen LogP contribution is 2.26. The number of phenolic OH excluding ortho intramolecular Hbond substituents is 2. The number of aromatic hydroxyl groups is 2. The number of carbonyl (C=O) groups excluding carboxylic acids is 1. The summed E-state index contributed by atoms with van der Waals surface area (Å²) in [5.41, 5.74) is 0.782. The van der Waals surface area contributed by atoms with Gasteiger partial charge >= 0.3 is 0 Å². The lowest BCUT2D eigenvalue weighted by Gasteiger charge is -2.07. The van der Waals surface area contributed by atoms with E-state index in [9.17, 15) is 15.0 Å². The zero-order valence-electron chi connectivity index (χ0n) is 12.2. The van der Waals surface area contributed by atoms with E-state index < -0.39 is 0 Å². The van der Waals surface area contributed by atoms with Crippen molar-refractivity contribution in [3.63, 3.8) is 0 Å². The molecule has 2 aromatic rings. The van der Waals surface area contributed by atoms with Crippen molar-refractivity contribution in [2.45, 2.75) is 0 Å². The fourth-order valence-electron chi connectivity index (χ4n) is 1.95. The maximum atomic E-state index is 12.1. The number of ether oxygens (including phenoxy) is 2. The molecule has 5 heteroatoms. The van der Waals surface area contributed by atoms with Gasteiger partial charge in [0.2, 0.25) is 0 Å². The number of allylic oxidation sites excluding steroid dienone is 1. The van der Waals surface area contributed by atoms with Crippen molar-refractivity contribution in [3.8, 4) is 23.0 Å². The summed E-state index contributed by atoms with van der Waals surface area (Å²) in [6, 6.07) is 9.05. The monoisotopic (exact) mass is 300 g/mol. The van der Waals surface area contributed by atoms with Gasteiger partial charge in [-0.2, -0.15) is 0 Å². The Morgan fingerprint density at radius 3 is 2.45 bits per heavy atom. The zero-order chi connectivity index (χ0) is 16.1. The molecule has 114 valence electrons. The quantitative estimate of drug-likeness (QED) is 0.655. The summed E-state index contributed by atoms with van der Waals surface area (Å²) in [6.45, 7) is 0. The van der Waals surface area contributed by atoms with Crippen LogP contribution in [-0.4, -0.2) is 30.2 Å². The molecule has 0 spiro atoms. The number of hydrogen-bond donors (Lipinski definition) is 2. The summed E-state index contributed by atoms with van der Waals surface area (Å²) in [5, 5.41) is 18.9. The van der Waals surface area contributed by atoms with Crippen LogP contribution < -0.4 is 9.47 Å². The Bertz CT molecular complexity index is 719. The van der Waals surface area contributed by atoms with Gasteiger partial charge in [0.25, 0.3) is 0 Å². The van der Waals surface area contributed by atoms with Crippen LogP contribution >= 0.6 is 0 Å². The highest BCUT2D eigenvalue weighted by atomic mass is 16.5. The van der Waals surface area contributed by atoms with Crippen molar-refractivity contribution >= 4 is 11.9 Å². The minimum atomic E-state index is -0.387. The first-order valence-electron chi connectivity index (χ1n) is 6.51. The first-order valence-corrected chi connectivity index (χ1v) is 6.51. The number of benzene rings is 2. The molecule has 0 fully saturated rings. The van der Waals surface area contributed by atoms with Crippen LogP contribution in [-0.2, 0) is 0 Å². The zero-order valence-corrected chi connectivity index (χ0v) is 12.2. The molecule has 0 amide bonds. The summed E-state index contributed by atoms with van der Waals surface area (Å²) in [6.07, 6.45) is 2.90. The standard InChI is InChI=1S/C17H16O5/c1-21-13-5-8-17(22-2)11(9-13)3-7-15(19)14-6-4-12(18)10-16(14)20/h3-10,18,20H,1-2H3/b7-3+. The van der Waals surface area contributed by atoms with E-state index in [2.05, 4.69) is 0 Å². The fourth-order valence-corrected chi connectivity index (χ4v) is 1.95. The normalized spacial score (nSPS) is 10.6. The largest absolute Gasteiger partial charge is 0.508 e. The lowest BCUT2D eigenvalue weighted by molar-refractivity contribution is 0.104. The average Bonchev–Trinajstić information content (AvgIpc) is 2.52. The van der Waals surface area contributed by atoms with Gasteiger partial charge in [-0.25, -0.2) is 0 Å². The molecule has 0 radical (unpaired) electrons. The molecule has 5 nitrogen and oxygen atoms in total. The topological polar surface area (TPSA) is 76.0 Å². The van der Waals surface area contributed by atoms with E-state index in [0.717, 1.165) is 6.07 Å². The Kier molecular flexibility index (Phi) is 4.68. The fraction of sp³-hybridized carbons (Fsp3) is 0.118. The highest BCUT2D eigenvalue weighted by molar-refractivity contribution is 6.08. The minimum absolute atomic E-state index is 0.104. The van der Waals surface area contributed by atoms with Crippen LogP contribution in [0, 0.1) is 0 Å². The van der Waals surface area contributed by atoms with E-state index in [1.54, 1.807) is 31.4 Å². The van der Waals surface area contributed by atoms with Crippen LogP contribution in [0.3, 0.4) is 0 Å². The Hall–Kier alpha value is -2.95. The molecule has 0 saturated carbocycles. The number of phenols is 2. The van der Waals surface area contributed by atoms with E-state index >= 15 is 0 Å². The maximum absolute atomic E-state index is 12.1. The summed E-state index contributed by atoms with van der Waals surface area (Å²) in [4.78, 5) is 12.1. The van der Waals surface area contributed by atoms with Gasteiger partial charge < -0.3 is 19.7 Å². The molecule has 0 aliphatic heterocycles. The molecule has 22 heavy (non-hydrogen) atoms.